The van der Waals surface area contributed by atoms with E-state index in [1.807, 2.05) is 46.7 Å². The maximum atomic E-state index is 13.6. The number of piperazine rings is 1. The third-order valence-corrected chi connectivity index (χ3v) is 9.16. The highest BCUT2D eigenvalue weighted by Gasteiger charge is 2.30. The summed E-state index contributed by atoms with van der Waals surface area (Å²) in [4.78, 5) is 33.8. The number of carbonyl (C=O) groups is 2. The number of carbonyl (C=O) groups excluding carboxylic acids is 2. The number of nitrogens with one attached hydrogen (secondary N) is 1. The van der Waals surface area contributed by atoms with E-state index in [0.29, 0.717) is 19.6 Å². The number of anilines is 2. The van der Waals surface area contributed by atoms with E-state index >= 15 is 0 Å². The second-order valence-electron chi connectivity index (χ2n) is 11.6. The molecule has 1 aliphatic heterocycles. The second kappa shape index (κ2) is 13.1. The molecular weight excluding hydrogens is 554 g/mol. The van der Waals surface area contributed by atoms with Gasteiger partial charge in [-0.3, -0.25) is 9.59 Å². The van der Waals surface area contributed by atoms with Gasteiger partial charge in [0.05, 0.1) is 16.3 Å². The number of hydrogen-bond donors (Lipinski definition) is 2. The predicted molar refractivity (Wildman–Crippen MR) is 175 cm³/mol. The van der Waals surface area contributed by atoms with Gasteiger partial charge in [-0.1, -0.05) is 54.6 Å². The van der Waals surface area contributed by atoms with Gasteiger partial charge >= 0.3 is 0 Å². The van der Waals surface area contributed by atoms with E-state index in [4.69, 9.17) is 5.73 Å². The van der Waals surface area contributed by atoms with Crippen molar-refractivity contribution in [1.82, 2.24) is 9.80 Å². The summed E-state index contributed by atoms with van der Waals surface area (Å²) in [6.45, 7) is 5.28. The highest BCUT2D eigenvalue weighted by molar-refractivity contribution is 7.12. The average molecular weight is 594 g/mol. The van der Waals surface area contributed by atoms with Gasteiger partial charge in [-0.2, -0.15) is 0 Å². The molecule has 2 aliphatic rings. The molecule has 6 rings (SSSR count). The summed E-state index contributed by atoms with van der Waals surface area (Å²) in [7, 11) is 2.15. The summed E-state index contributed by atoms with van der Waals surface area (Å²) in [6, 6.07) is 26.7. The first-order chi connectivity index (χ1) is 21.0. The summed E-state index contributed by atoms with van der Waals surface area (Å²) in [6.07, 6.45) is 1.93. The zero-order valence-corrected chi connectivity index (χ0v) is 25.5. The molecule has 2 fully saturated rings. The standard InChI is InChI=1S/C35H39N5O2S/c1-38-14-16-39(17-15-38)32-13-12-30(21-31(32)37-34(41)28-10-11-28)29-8-3-7-27(20-29)24-40(35(42)33-9-4-18-43-33)23-26-6-2-5-25(19-26)22-36/h2-9,12-13,18-21,28H,10-11,14-17,22-24,36H2,1H3,(H,37,41). The first-order valence-electron chi connectivity index (χ1n) is 15.1. The Hall–Kier alpha value is -3.98. The van der Waals surface area contributed by atoms with Crippen LogP contribution in [0.15, 0.2) is 84.2 Å². The Morgan fingerprint density at radius 3 is 2.26 bits per heavy atom. The van der Waals surface area contributed by atoms with Crippen LogP contribution in [0.4, 0.5) is 11.4 Å². The van der Waals surface area contributed by atoms with Gasteiger partial charge in [0.1, 0.15) is 0 Å². The van der Waals surface area contributed by atoms with Gasteiger partial charge < -0.3 is 25.8 Å². The molecule has 4 aromatic rings. The maximum Gasteiger partial charge on any atom is 0.264 e. The van der Waals surface area contributed by atoms with E-state index in [1.54, 1.807) is 0 Å². The van der Waals surface area contributed by atoms with Gasteiger partial charge in [-0.15, -0.1) is 11.3 Å². The van der Waals surface area contributed by atoms with Gasteiger partial charge in [-0.25, -0.2) is 0 Å². The smallest absolute Gasteiger partial charge is 0.264 e. The lowest BCUT2D eigenvalue weighted by Gasteiger charge is -2.35. The van der Waals surface area contributed by atoms with Crippen LogP contribution in [0.3, 0.4) is 0 Å². The van der Waals surface area contributed by atoms with E-state index in [0.717, 1.165) is 83.1 Å². The van der Waals surface area contributed by atoms with Crippen molar-refractivity contribution in [3.05, 3.63) is 106 Å². The topological polar surface area (TPSA) is 81.9 Å². The minimum atomic E-state index is 0.0140. The SMILES string of the molecule is CN1CCN(c2ccc(-c3cccc(CN(Cc4cccc(CN)c4)C(=O)c4cccs4)c3)cc2NC(=O)C2CC2)CC1. The number of amides is 2. The van der Waals surface area contributed by atoms with E-state index in [-0.39, 0.29) is 17.7 Å². The molecule has 222 valence electrons. The lowest BCUT2D eigenvalue weighted by molar-refractivity contribution is -0.117. The van der Waals surface area contributed by atoms with Crippen molar-refractivity contribution < 1.29 is 9.59 Å². The number of nitrogens with two attached hydrogens (primary N) is 1. The number of rotatable bonds is 10. The molecule has 2 heterocycles. The largest absolute Gasteiger partial charge is 0.367 e. The van der Waals surface area contributed by atoms with Crippen LogP contribution in [0.25, 0.3) is 11.1 Å². The zero-order chi connectivity index (χ0) is 29.8. The quantitative estimate of drug-likeness (QED) is 0.242. The fourth-order valence-corrected chi connectivity index (χ4v) is 6.31. The Morgan fingerprint density at radius 2 is 1.56 bits per heavy atom. The fourth-order valence-electron chi connectivity index (χ4n) is 5.62. The highest BCUT2D eigenvalue weighted by atomic mass is 32.1. The lowest BCUT2D eigenvalue weighted by atomic mass is 10.0. The van der Waals surface area contributed by atoms with Crippen LogP contribution in [-0.4, -0.2) is 54.8 Å². The van der Waals surface area contributed by atoms with Crippen molar-refractivity contribution in [2.45, 2.75) is 32.5 Å². The molecule has 7 nitrogen and oxygen atoms in total. The second-order valence-corrected chi connectivity index (χ2v) is 12.6. The fraction of sp³-hybridized carbons (Fsp3) is 0.314. The molecule has 1 saturated carbocycles. The molecule has 3 aromatic carbocycles. The number of likely N-dealkylation sites (N-methyl/N-ethyl adjacent to an activating group) is 1. The minimum absolute atomic E-state index is 0.0140. The third kappa shape index (κ3) is 7.16. The molecule has 0 spiro atoms. The number of thiophene rings is 1. The van der Waals surface area contributed by atoms with E-state index in [1.165, 1.54) is 11.3 Å². The van der Waals surface area contributed by atoms with Crippen molar-refractivity contribution in [3.63, 3.8) is 0 Å². The summed E-state index contributed by atoms with van der Waals surface area (Å²) >= 11 is 1.46. The summed E-state index contributed by atoms with van der Waals surface area (Å²) in [5.74, 6) is 0.257. The molecule has 2 amide bonds. The average Bonchev–Trinajstić information content (AvgIpc) is 3.75. The number of hydrogen-bond acceptors (Lipinski definition) is 6. The van der Waals surface area contributed by atoms with Gasteiger partial charge in [0.15, 0.2) is 0 Å². The predicted octanol–water partition coefficient (Wildman–Crippen LogP) is 5.82. The molecule has 3 N–H and O–H groups in total. The van der Waals surface area contributed by atoms with Crippen LogP contribution in [0.1, 0.15) is 39.2 Å². The Kier molecular flexibility index (Phi) is 8.88. The van der Waals surface area contributed by atoms with Crippen LogP contribution in [0, 0.1) is 5.92 Å². The molecule has 1 aromatic heterocycles. The monoisotopic (exact) mass is 593 g/mol. The first kappa shape index (κ1) is 29.1. The Labute approximate surface area is 257 Å². The van der Waals surface area contributed by atoms with Crippen LogP contribution in [-0.2, 0) is 24.4 Å². The molecule has 8 heteroatoms. The molecule has 43 heavy (non-hydrogen) atoms. The third-order valence-electron chi connectivity index (χ3n) is 8.30. The molecule has 0 bridgehead atoms. The molecule has 0 unspecified atom stereocenters. The van der Waals surface area contributed by atoms with Gasteiger partial charge in [0, 0.05) is 51.7 Å². The Bertz CT molecular complexity index is 1570. The molecule has 0 atom stereocenters. The van der Waals surface area contributed by atoms with E-state index in [2.05, 4.69) is 64.6 Å². The molecule has 1 saturated heterocycles. The van der Waals surface area contributed by atoms with Gasteiger partial charge in [-0.05, 0) is 77.4 Å². The van der Waals surface area contributed by atoms with Gasteiger partial charge in [0.2, 0.25) is 5.91 Å². The van der Waals surface area contributed by atoms with Crippen LogP contribution >= 0.6 is 11.3 Å². The van der Waals surface area contributed by atoms with Crippen molar-refractivity contribution in [2.24, 2.45) is 11.7 Å². The number of nitrogens with zero attached hydrogens (tertiary/aromatic N) is 3. The van der Waals surface area contributed by atoms with Crippen LogP contribution in [0.2, 0.25) is 0 Å². The van der Waals surface area contributed by atoms with Crippen molar-refractivity contribution in [1.29, 1.82) is 0 Å². The maximum absolute atomic E-state index is 13.6. The van der Waals surface area contributed by atoms with E-state index < -0.39 is 0 Å². The number of benzene rings is 3. The minimum Gasteiger partial charge on any atom is -0.367 e. The zero-order valence-electron chi connectivity index (χ0n) is 24.7. The molecular formula is C35H39N5O2S. The normalized spacial score (nSPS) is 15.3. The first-order valence-corrected chi connectivity index (χ1v) is 15.9. The lowest BCUT2D eigenvalue weighted by Crippen LogP contribution is -2.44. The molecule has 0 radical (unpaired) electrons. The van der Waals surface area contributed by atoms with Crippen LogP contribution < -0.4 is 16.0 Å². The van der Waals surface area contributed by atoms with Crippen molar-refractivity contribution in [2.75, 3.05) is 43.4 Å². The Morgan fingerprint density at radius 1 is 0.860 bits per heavy atom. The van der Waals surface area contributed by atoms with Crippen molar-refractivity contribution >= 4 is 34.5 Å². The summed E-state index contributed by atoms with van der Waals surface area (Å²) in [5, 5.41) is 5.19. The van der Waals surface area contributed by atoms with Crippen LogP contribution in [0.5, 0.6) is 0 Å². The summed E-state index contributed by atoms with van der Waals surface area (Å²) in [5.41, 5.74) is 13.1. The molecule has 1 aliphatic carbocycles. The Balaban J connectivity index is 1.27. The highest BCUT2D eigenvalue weighted by Crippen LogP contribution is 2.36. The van der Waals surface area contributed by atoms with E-state index in [9.17, 15) is 9.59 Å². The van der Waals surface area contributed by atoms with Crippen molar-refractivity contribution in [3.8, 4) is 11.1 Å². The summed E-state index contributed by atoms with van der Waals surface area (Å²) < 4.78 is 0. The van der Waals surface area contributed by atoms with Gasteiger partial charge in [0.25, 0.3) is 5.91 Å².